The molecule has 0 spiro atoms. The van der Waals surface area contributed by atoms with Crippen LogP contribution in [0.2, 0.25) is 0 Å². The minimum atomic E-state index is -0.502. The second kappa shape index (κ2) is 8.10. The highest BCUT2D eigenvalue weighted by atomic mass is 32.2. The van der Waals surface area contributed by atoms with Crippen LogP contribution in [0.5, 0.6) is 0 Å². The number of thioether (sulfide) groups is 1. The number of para-hydroxylation sites is 1. The lowest BCUT2D eigenvalue weighted by Crippen LogP contribution is -2.15. The largest absolute Gasteiger partial charge is 0.457 e. The molecule has 26 heavy (non-hydrogen) atoms. The molecular formula is C20H16FNO3S. The maximum atomic E-state index is 12.8. The zero-order chi connectivity index (χ0) is 18.5. The molecule has 0 amide bonds. The highest BCUT2D eigenvalue weighted by molar-refractivity contribution is 7.99. The summed E-state index contributed by atoms with van der Waals surface area (Å²) in [7, 11) is 0. The molecule has 6 heteroatoms. The number of benzene rings is 2. The Kier molecular flexibility index (Phi) is 5.63. The molecule has 0 radical (unpaired) electrons. The van der Waals surface area contributed by atoms with Crippen molar-refractivity contribution < 1.29 is 18.7 Å². The molecule has 0 N–H and O–H groups in total. The summed E-state index contributed by atoms with van der Waals surface area (Å²) in [5.41, 5.74) is 2.26. The number of carbonyl (C=O) groups excluding carboxylic acids is 2. The maximum absolute atomic E-state index is 12.8. The summed E-state index contributed by atoms with van der Waals surface area (Å²) < 4.78 is 17.8. The van der Waals surface area contributed by atoms with Gasteiger partial charge in [0, 0.05) is 10.9 Å². The third kappa shape index (κ3) is 4.46. The van der Waals surface area contributed by atoms with Gasteiger partial charge in [-0.15, -0.1) is 0 Å². The van der Waals surface area contributed by atoms with Crippen LogP contribution >= 0.6 is 11.8 Å². The lowest BCUT2D eigenvalue weighted by Gasteiger charge is -2.07. The maximum Gasteiger partial charge on any atom is 0.316 e. The number of aromatic nitrogens is 1. The molecule has 0 aliphatic carbocycles. The summed E-state index contributed by atoms with van der Waals surface area (Å²) >= 11 is 1.26. The van der Waals surface area contributed by atoms with Gasteiger partial charge in [0.05, 0.1) is 16.3 Å². The van der Waals surface area contributed by atoms with Crippen molar-refractivity contribution in [3.63, 3.8) is 0 Å². The van der Waals surface area contributed by atoms with E-state index in [0.29, 0.717) is 5.56 Å². The molecule has 0 atom stereocenters. The average Bonchev–Trinajstić information content (AvgIpc) is 2.65. The third-order valence-corrected chi connectivity index (χ3v) is 4.65. The molecule has 0 aliphatic rings. The predicted octanol–water partition coefficient (Wildman–Crippen LogP) is 4.20. The standard InChI is InChI=1S/C20H16FNO3S/c1-13-10-19(22-17-5-3-2-4-16(13)17)26-12-20(24)25-11-18(23)14-6-8-15(21)9-7-14/h2-10H,11-12H2,1H3. The monoisotopic (exact) mass is 369 g/mol. The molecule has 132 valence electrons. The average molecular weight is 369 g/mol. The minimum absolute atomic E-state index is 0.0570. The Hall–Kier alpha value is -2.73. The van der Waals surface area contributed by atoms with Crippen molar-refractivity contribution in [3.8, 4) is 0 Å². The Morgan fingerprint density at radius 3 is 2.62 bits per heavy atom. The van der Waals surface area contributed by atoms with Gasteiger partial charge in [-0.1, -0.05) is 30.0 Å². The van der Waals surface area contributed by atoms with E-state index >= 15 is 0 Å². The highest BCUT2D eigenvalue weighted by Gasteiger charge is 2.11. The highest BCUT2D eigenvalue weighted by Crippen LogP contribution is 2.23. The second-order valence-corrected chi connectivity index (χ2v) is 6.67. The number of halogens is 1. The molecule has 1 heterocycles. The van der Waals surface area contributed by atoms with Gasteiger partial charge in [0.15, 0.2) is 12.4 Å². The fourth-order valence-corrected chi connectivity index (χ4v) is 3.20. The Balaban J connectivity index is 1.54. The minimum Gasteiger partial charge on any atom is -0.457 e. The van der Waals surface area contributed by atoms with E-state index in [-0.39, 0.29) is 18.1 Å². The molecule has 3 aromatic rings. The third-order valence-electron chi connectivity index (χ3n) is 3.77. The van der Waals surface area contributed by atoms with Gasteiger partial charge in [0.1, 0.15) is 5.82 Å². The van der Waals surface area contributed by atoms with Crippen LogP contribution in [-0.4, -0.2) is 29.1 Å². The lowest BCUT2D eigenvalue weighted by molar-refractivity contribution is -0.139. The fraction of sp³-hybridized carbons (Fsp3) is 0.150. The van der Waals surface area contributed by atoms with Crippen molar-refractivity contribution in [2.45, 2.75) is 11.9 Å². The number of fused-ring (bicyclic) bond motifs is 1. The quantitative estimate of drug-likeness (QED) is 0.370. The second-order valence-electron chi connectivity index (χ2n) is 5.67. The van der Waals surface area contributed by atoms with Crippen LogP contribution in [0.4, 0.5) is 4.39 Å². The van der Waals surface area contributed by atoms with E-state index in [0.717, 1.165) is 21.5 Å². The molecule has 3 rings (SSSR count). The van der Waals surface area contributed by atoms with Gasteiger partial charge < -0.3 is 4.74 Å². The number of carbonyl (C=O) groups is 2. The van der Waals surface area contributed by atoms with Crippen LogP contribution < -0.4 is 0 Å². The lowest BCUT2D eigenvalue weighted by atomic mass is 10.1. The Bertz CT molecular complexity index is 957. The van der Waals surface area contributed by atoms with Crippen LogP contribution in [-0.2, 0) is 9.53 Å². The number of esters is 1. The summed E-state index contributed by atoms with van der Waals surface area (Å²) in [6, 6.07) is 14.8. The van der Waals surface area contributed by atoms with E-state index in [2.05, 4.69) is 4.98 Å². The predicted molar refractivity (Wildman–Crippen MR) is 98.9 cm³/mol. The summed E-state index contributed by atoms with van der Waals surface area (Å²) in [6.45, 7) is 1.63. The zero-order valence-corrected chi connectivity index (χ0v) is 14.9. The number of hydrogen-bond acceptors (Lipinski definition) is 5. The molecule has 0 saturated heterocycles. The van der Waals surface area contributed by atoms with Crippen LogP contribution in [0.25, 0.3) is 10.9 Å². The van der Waals surface area contributed by atoms with Crippen molar-refractivity contribution in [1.82, 2.24) is 4.98 Å². The number of Topliss-reactive ketones (excluding diaryl/α,β-unsaturated/α-hetero) is 1. The van der Waals surface area contributed by atoms with Gasteiger partial charge in [-0.3, -0.25) is 9.59 Å². The van der Waals surface area contributed by atoms with Crippen LogP contribution in [0.1, 0.15) is 15.9 Å². The molecule has 0 saturated carbocycles. The molecule has 0 fully saturated rings. The molecular weight excluding hydrogens is 353 g/mol. The van der Waals surface area contributed by atoms with E-state index in [1.807, 2.05) is 37.3 Å². The first kappa shape index (κ1) is 18.1. The number of aryl methyl sites for hydroxylation is 1. The topological polar surface area (TPSA) is 56.3 Å². The van der Waals surface area contributed by atoms with Crippen molar-refractivity contribution in [1.29, 1.82) is 0 Å². The molecule has 4 nitrogen and oxygen atoms in total. The number of rotatable bonds is 6. The van der Waals surface area contributed by atoms with Crippen LogP contribution in [0.3, 0.4) is 0 Å². The molecule has 0 bridgehead atoms. The van der Waals surface area contributed by atoms with Crippen molar-refractivity contribution in [2.75, 3.05) is 12.4 Å². The number of ketones is 1. The number of pyridine rings is 1. The van der Waals surface area contributed by atoms with Crippen LogP contribution in [0, 0.1) is 12.7 Å². The number of ether oxygens (including phenoxy) is 1. The summed E-state index contributed by atoms with van der Waals surface area (Å²) in [4.78, 5) is 28.3. The Morgan fingerprint density at radius 1 is 1.12 bits per heavy atom. The molecule has 0 aliphatic heterocycles. The summed E-state index contributed by atoms with van der Waals surface area (Å²) in [5.74, 6) is -1.24. The molecule has 0 unspecified atom stereocenters. The SMILES string of the molecule is Cc1cc(SCC(=O)OCC(=O)c2ccc(F)cc2)nc2ccccc12. The van der Waals surface area contributed by atoms with Gasteiger partial charge in [-0.25, -0.2) is 9.37 Å². The van der Waals surface area contributed by atoms with E-state index < -0.39 is 11.8 Å². The summed E-state index contributed by atoms with van der Waals surface area (Å²) in [5, 5.41) is 1.80. The van der Waals surface area contributed by atoms with E-state index in [9.17, 15) is 14.0 Å². The van der Waals surface area contributed by atoms with E-state index in [1.54, 1.807) is 0 Å². The fourth-order valence-electron chi connectivity index (χ4n) is 2.43. The van der Waals surface area contributed by atoms with Crippen molar-refractivity contribution in [3.05, 3.63) is 71.5 Å². The van der Waals surface area contributed by atoms with Crippen molar-refractivity contribution in [2.24, 2.45) is 0 Å². The first-order valence-electron chi connectivity index (χ1n) is 7.96. The van der Waals surface area contributed by atoms with Crippen molar-refractivity contribution >= 4 is 34.4 Å². The van der Waals surface area contributed by atoms with Gasteiger partial charge in [-0.05, 0) is 48.9 Å². The van der Waals surface area contributed by atoms with Gasteiger partial charge in [-0.2, -0.15) is 0 Å². The first-order valence-corrected chi connectivity index (χ1v) is 8.95. The molecule has 2 aromatic carbocycles. The Morgan fingerprint density at radius 2 is 1.85 bits per heavy atom. The van der Waals surface area contributed by atoms with Gasteiger partial charge in [0.2, 0.25) is 0 Å². The van der Waals surface area contributed by atoms with Gasteiger partial charge >= 0.3 is 5.97 Å². The Labute approximate surface area is 154 Å². The number of hydrogen-bond donors (Lipinski definition) is 0. The molecule has 1 aromatic heterocycles. The normalized spacial score (nSPS) is 10.7. The zero-order valence-electron chi connectivity index (χ0n) is 14.1. The van der Waals surface area contributed by atoms with E-state index in [4.69, 9.17) is 4.74 Å². The summed E-state index contributed by atoms with van der Waals surface area (Å²) in [6.07, 6.45) is 0. The van der Waals surface area contributed by atoms with Crippen LogP contribution in [0.15, 0.2) is 59.6 Å². The number of nitrogens with zero attached hydrogens (tertiary/aromatic N) is 1. The van der Waals surface area contributed by atoms with E-state index in [1.165, 1.54) is 36.0 Å². The smallest absolute Gasteiger partial charge is 0.316 e. The van der Waals surface area contributed by atoms with Gasteiger partial charge in [0.25, 0.3) is 0 Å². The first-order chi connectivity index (χ1) is 12.5.